The van der Waals surface area contributed by atoms with Gasteiger partial charge >= 0.3 is 0 Å². The third kappa shape index (κ3) is 4.99. The van der Waals surface area contributed by atoms with Crippen molar-refractivity contribution in [3.05, 3.63) is 35.1 Å². The number of hydrogen-bond acceptors (Lipinski definition) is 2. The van der Waals surface area contributed by atoms with Crippen LogP contribution in [0.4, 0.5) is 13.2 Å². The summed E-state index contributed by atoms with van der Waals surface area (Å²) in [5, 5.41) is 4.82. The molecular formula is C12H13F3N2O2. The first-order valence-electron chi connectivity index (χ1n) is 5.54. The summed E-state index contributed by atoms with van der Waals surface area (Å²) in [6, 6.07) is 1.03. The Bertz CT molecular complexity index is 469. The summed E-state index contributed by atoms with van der Waals surface area (Å²) in [5.74, 6) is -4.10. The molecule has 0 aromatic heterocycles. The third-order valence-electron chi connectivity index (χ3n) is 2.26. The Morgan fingerprint density at radius 2 is 1.58 bits per heavy atom. The van der Waals surface area contributed by atoms with E-state index in [1.165, 1.54) is 6.92 Å². The normalized spacial score (nSPS) is 10.1. The fourth-order valence-electron chi connectivity index (χ4n) is 1.40. The molecule has 0 aliphatic heterocycles. The SMILES string of the molecule is CC(=O)NCCNC(=O)Cc1c(F)cc(F)cc1F. The van der Waals surface area contributed by atoms with Gasteiger partial charge in [0, 0.05) is 37.7 Å². The number of benzene rings is 1. The first-order chi connectivity index (χ1) is 8.90. The van der Waals surface area contributed by atoms with Crippen molar-refractivity contribution < 1.29 is 22.8 Å². The van der Waals surface area contributed by atoms with E-state index < -0.39 is 35.3 Å². The Hall–Kier alpha value is -2.05. The molecule has 1 aromatic rings. The predicted molar refractivity (Wildman–Crippen MR) is 61.7 cm³/mol. The molecule has 7 heteroatoms. The molecule has 0 heterocycles. The topological polar surface area (TPSA) is 58.2 Å². The fraction of sp³-hybridized carbons (Fsp3) is 0.333. The number of carbonyl (C=O) groups excluding carboxylic acids is 2. The van der Waals surface area contributed by atoms with E-state index in [0.29, 0.717) is 12.1 Å². The van der Waals surface area contributed by atoms with Crippen LogP contribution < -0.4 is 10.6 Å². The van der Waals surface area contributed by atoms with Crippen LogP contribution in [0.2, 0.25) is 0 Å². The maximum absolute atomic E-state index is 13.2. The smallest absolute Gasteiger partial charge is 0.224 e. The molecule has 0 spiro atoms. The molecule has 0 unspecified atom stereocenters. The van der Waals surface area contributed by atoms with Gasteiger partial charge in [0.15, 0.2) is 0 Å². The number of nitrogens with one attached hydrogen (secondary N) is 2. The minimum atomic E-state index is -1.10. The number of hydrogen-bond donors (Lipinski definition) is 2. The highest BCUT2D eigenvalue weighted by Crippen LogP contribution is 2.15. The van der Waals surface area contributed by atoms with Crippen LogP contribution in [0, 0.1) is 17.5 Å². The lowest BCUT2D eigenvalue weighted by molar-refractivity contribution is -0.121. The highest BCUT2D eigenvalue weighted by molar-refractivity contribution is 5.78. The van der Waals surface area contributed by atoms with Gasteiger partial charge < -0.3 is 10.6 Å². The van der Waals surface area contributed by atoms with Gasteiger partial charge in [0.1, 0.15) is 17.5 Å². The van der Waals surface area contributed by atoms with Crippen molar-refractivity contribution in [3.8, 4) is 0 Å². The summed E-state index contributed by atoms with van der Waals surface area (Å²) in [6.45, 7) is 1.68. The summed E-state index contributed by atoms with van der Waals surface area (Å²) < 4.78 is 39.1. The van der Waals surface area contributed by atoms with Crippen LogP contribution in [0.15, 0.2) is 12.1 Å². The monoisotopic (exact) mass is 274 g/mol. The molecular weight excluding hydrogens is 261 g/mol. The summed E-state index contributed by atoms with van der Waals surface area (Å²) in [7, 11) is 0. The van der Waals surface area contributed by atoms with Gasteiger partial charge in [0.05, 0.1) is 6.42 Å². The Labute approximate surface area is 108 Å². The van der Waals surface area contributed by atoms with E-state index >= 15 is 0 Å². The molecule has 0 bridgehead atoms. The van der Waals surface area contributed by atoms with E-state index in [4.69, 9.17) is 0 Å². The van der Waals surface area contributed by atoms with E-state index in [1.54, 1.807) is 0 Å². The van der Waals surface area contributed by atoms with Gasteiger partial charge in [-0.1, -0.05) is 0 Å². The van der Waals surface area contributed by atoms with Crippen molar-refractivity contribution in [1.82, 2.24) is 10.6 Å². The van der Waals surface area contributed by atoms with Crippen molar-refractivity contribution in [3.63, 3.8) is 0 Å². The van der Waals surface area contributed by atoms with Gasteiger partial charge in [-0.2, -0.15) is 0 Å². The second-order valence-corrected chi connectivity index (χ2v) is 3.86. The summed E-state index contributed by atoms with van der Waals surface area (Å²) >= 11 is 0. The number of rotatable bonds is 5. The summed E-state index contributed by atoms with van der Waals surface area (Å²) in [6.07, 6.45) is -0.530. The van der Waals surface area contributed by atoms with Gasteiger partial charge in [-0.25, -0.2) is 13.2 Å². The standard InChI is InChI=1S/C12H13F3N2O2/c1-7(18)16-2-3-17-12(19)6-9-10(14)4-8(13)5-11(9)15/h4-5H,2-3,6H2,1H3,(H,16,18)(H,17,19). The zero-order valence-corrected chi connectivity index (χ0v) is 10.2. The zero-order chi connectivity index (χ0) is 14.4. The molecule has 2 N–H and O–H groups in total. The lowest BCUT2D eigenvalue weighted by atomic mass is 10.1. The van der Waals surface area contributed by atoms with Crippen molar-refractivity contribution in [2.45, 2.75) is 13.3 Å². The quantitative estimate of drug-likeness (QED) is 0.784. The van der Waals surface area contributed by atoms with E-state index in [-0.39, 0.29) is 19.0 Å². The van der Waals surface area contributed by atoms with Crippen LogP contribution >= 0.6 is 0 Å². The molecule has 2 amide bonds. The Morgan fingerprint density at radius 3 is 2.11 bits per heavy atom. The van der Waals surface area contributed by atoms with Crippen molar-refractivity contribution in [1.29, 1.82) is 0 Å². The van der Waals surface area contributed by atoms with E-state index in [0.717, 1.165) is 0 Å². The van der Waals surface area contributed by atoms with Crippen LogP contribution in [-0.4, -0.2) is 24.9 Å². The summed E-state index contributed by atoms with van der Waals surface area (Å²) in [5.41, 5.74) is -0.488. The van der Waals surface area contributed by atoms with Gasteiger partial charge in [0.2, 0.25) is 11.8 Å². The molecule has 19 heavy (non-hydrogen) atoms. The molecule has 0 saturated heterocycles. The average Bonchev–Trinajstić information content (AvgIpc) is 2.29. The largest absolute Gasteiger partial charge is 0.355 e. The van der Waals surface area contributed by atoms with Crippen LogP contribution in [0.1, 0.15) is 12.5 Å². The molecule has 0 saturated carbocycles. The van der Waals surface area contributed by atoms with Gasteiger partial charge in [-0.15, -0.1) is 0 Å². The molecule has 0 fully saturated rings. The Balaban J connectivity index is 2.51. The molecule has 1 rings (SSSR count). The van der Waals surface area contributed by atoms with Crippen LogP contribution in [0.3, 0.4) is 0 Å². The average molecular weight is 274 g/mol. The molecule has 0 radical (unpaired) electrons. The van der Waals surface area contributed by atoms with Crippen molar-refractivity contribution in [2.24, 2.45) is 0 Å². The number of carbonyl (C=O) groups is 2. The minimum Gasteiger partial charge on any atom is -0.355 e. The zero-order valence-electron chi connectivity index (χ0n) is 10.2. The van der Waals surface area contributed by atoms with Gasteiger partial charge in [0.25, 0.3) is 0 Å². The molecule has 0 aliphatic rings. The predicted octanol–water partition coefficient (Wildman–Crippen LogP) is 0.899. The van der Waals surface area contributed by atoms with Crippen molar-refractivity contribution in [2.75, 3.05) is 13.1 Å². The lowest BCUT2D eigenvalue weighted by Gasteiger charge is -2.07. The maximum Gasteiger partial charge on any atom is 0.224 e. The molecule has 1 aromatic carbocycles. The Morgan fingerprint density at radius 1 is 1.05 bits per heavy atom. The molecule has 0 aliphatic carbocycles. The number of halogens is 3. The van der Waals surface area contributed by atoms with E-state index in [2.05, 4.69) is 10.6 Å². The van der Waals surface area contributed by atoms with Gasteiger partial charge in [-0.05, 0) is 0 Å². The highest BCUT2D eigenvalue weighted by atomic mass is 19.1. The highest BCUT2D eigenvalue weighted by Gasteiger charge is 2.14. The molecule has 0 atom stereocenters. The fourth-order valence-corrected chi connectivity index (χ4v) is 1.40. The molecule has 4 nitrogen and oxygen atoms in total. The minimum absolute atomic E-state index is 0.142. The first-order valence-corrected chi connectivity index (χ1v) is 5.54. The second-order valence-electron chi connectivity index (χ2n) is 3.86. The van der Waals surface area contributed by atoms with Crippen molar-refractivity contribution >= 4 is 11.8 Å². The number of amides is 2. The lowest BCUT2D eigenvalue weighted by Crippen LogP contribution is -2.34. The third-order valence-corrected chi connectivity index (χ3v) is 2.26. The van der Waals surface area contributed by atoms with Gasteiger partial charge in [-0.3, -0.25) is 9.59 Å². The second kappa shape index (κ2) is 6.77. The maximum atomic E-state index is 13.2. The van der Waals surface area contributed by atoms with E-state index in [1.807, 2.05) is 0 Å². The Kier molecular flexibility index (Phi) is 5.35. The molecule has 104 valence electrons. The van der Waals surface area contributed by atoms with E-state index in [9.17, 15) is 22.8 Å². The van der Waals surface area contributed by atoms with Crippen LogP contribution in [0.5, 0.6) is 0 Å². The summed E-state index contributed by atoms with van der Waals surface area (Å²) in [4.78, 5) is 21.9. The van der Waals surface area contributed by atoms with Crippen LogP contribution in [-0.2, 0) is 16.0 Å². The van der Waals surface area contributed by atoms with Crippen LogP contribution in [0.25, 0.3) is 0 Å². The first kappa shape index (κ1) is 15.0.